The fraction of sp³-hybridized carbons (Fsp3) is 0.286. The zero-order valence-electron chi connectivity index (χ0n) is 12.2. The molecule has 2 aromatic rings. The number of aryl methyl sites for hydroxylation is 1. The van der Waals surface area contributed by atoms with Crippen LogP contribution in [0.25, 0.3) is 0 Å². The Labute approximate surface area is 138 Å². The molecule has 0 aliphatic rings. The predicted molar refractivity (Wildman–Crippen MR) is 87.8 cm³/mol. The van der Waals surface area contributed by atoms with Crippen molar-refractivity contribution in [3.8, 4) is 0 Å². The molecule has 0 aliphatic heterocycles. The maximum atomic E-state index is 13.4. The molecule has 1 heterocycles. The maximum Gasteiger partial charge on any atom is 0.228 e. The van der Waals surface area contributed by atoms with Crippen LogP contribution in [0.1, 0.15) is 6.92 Å². The molecule has 0 radical (unpaired) electrons. The third kappa shape index (κ3) is 4.46. The number of halogens is 2. The molecule has 0 spiro atoms. The van der Waals surface area contributed by atoms with E-state index >= 15 is 0 Å². The molecular weight excluding hydrogens is 327 g/mol. The standard InChI is InChI=1S/C14H17FN4OS.ClH/c1-9(8-16)13(20)18-11-7-10(15)3-4-12(11)21-14-17-5-6-19(14)2;/h3-7,9H,8,16H2,1-2H3,(H,18,20);1H. The summed E-state index contributed by atoms with van der Waals surface area (Å²) in [5.74, 6) is -0.973. The van der Waals surface area contributed by atoms with Crippen molar-refractivity contribution in [1.82, 2.24) is 9.55 Å². The van der Waals surface area contributed by atoms with E-state index in [1.165, 1.54) is 23.9 Å². The average molecular weight is 345 g/mol. The van der Waals surface area contributed by atoms with E-state index in [0.29, 0.717) is 5.69 Å². The second-order valence-electron chi connectivity index (χ2n) is 4.69. The van der Waals surface area contributed by atoms with Crippen LogP contribution >= 0.6 is 24.2 Å². The van der Waals surface area contributed by atoms with Gasteiger partial charge in [0, 0.05) is 36.8 Å². The number of rotatable bonds is 5. The number of carbonyl (C=O) groups excluding carboxylic acids is 1. The topological polar surface area (TPSA) is 72.9 Å². The number of nitrogens with two attached hydrogens (primary N) is 1. The van der Waals surface area contributed by atoms with Gasteiger partial charge in [0.1, 0.15) is 5.82 Å². The lowest BCUT2D eigenvalue weighted by atomic mass is 10.1. The minimum Gasteiger partial charge on any atom is -0.330 e. The molecule has 3 N–H and O–H groups in total. The van der Waals surface area contributed by atoms with Crippen molar-refractivity contribution in [1.29, 1.82) is 0 Å². The molecule has 120 valence electrons. The van der Waals surface area contributed by atoms with Crippen LogP contribution < -0.4 is 11.1 Å². The first-order valence-electron chi connectivity index (χ1n) is 6.47. The normalized spacial score (nSPS) is 11.6. The Hall–Kier alpha value is -1.57. The van der Waals surface area contributed by atoms with Crippen molar-refractivity contribution in [3.63, 3.8) is 0 Å². The number of anilines is 1. The van der Waals surface area contributed by atoms with Crippen molar-refractivity contribution in [3.05, 3.63) is 36.4 Å². The van der Waals surface area contributed by atoms with E-state index in [4.69, 9.17) is 5.73 Å². The van der Waals surface area contributed by atoms with E-state index < -0.39 is 5.82 Å². The molecule has 1 aromatic carbocycles. The zero-order chi connectivity index (χ0) is 15.4. The van der Waals surface area contributed by atoms with Crippen molar-refractivity contribution < 1.29 is 9.18 Å². The van der Waals surface area contributed by atoms with Crippen molar-refractivity contribution in [2.45, 2.75) is 17.0 Å². The SMILES string of the molecule is CC(CN)C(=O)Nc1cc(F)ccc1Sc1nccn1C.Cl. The molecule has 8 heteroatoms. The van der Waals surface area contributed by atoms with E-state index in [-0.39, 0.29) is 30.8 Å². The maximum absolute atomic E-state index is 13.4. The second kappa shape index (κ2) is 8.17. The monoisotopic (exact) mass is 344 g/mol. The summed E-state index contributed by atoms with van der Waals surface area (Å²) in [6.07, 6.45) is 3.50. The highest BCUT2D eigenvalue weighted by Crippen LogP contribution is 2.33. The molecule has 1 unspecified atom stereocenters. The summed E-state index contributed by atoms with van der Waals surface area (Å²) in [4.78, 5) is 16.9. The lowest BCUT2D eigenvalue weighted by Crippen LogP contribution is -2.26. The van der Waals surface area contributed by atoms with Gasteiger partial charge in [-0.05, 0) is 30.0 Å². The highest BCUT2D eigenvalue weighted by atomic mass is 35.5. The van der Waals surface area contributed by atoms with E-state index in [9.17, 15) is 9.18 Å². The summed E-state index contributed by atoms with van der Waals surface area (Å²) in [6.45, 7) is 1.96. The third-order valence-corrected chi connectivity index (χ3v) is 4.13. The Morgan fingerprint density at radius 3 is 2.86 bits per heavy atom. The van der Waals surface area contributed by atoms with Crippen LogP contribution in [0.15, 0.2) is 40.6 Å². The Morgan fingerprint density at radius 2 is 2.27 bits per heavy atom. The Kier molecular flexibility index (Phi) is 6.86. The van der Waals surface area contributed by atoms with E-state index in [1.54, 1.807) is 19.2 Å². The average Bonchev–Trinajstić information content (AvgIpc) is 2.86. The van der Waals surface area contributed by atoms with Gasteiger partial charge in [-0.2, -0.15) is 0 Å². The quantitative estimate of drug-likeness (QED) is 0.874. The lowest BCUT2D eigenvalue weighted by molar-refractivity contribution is -0.119. The molecular formula is C14H18ClFN4OS. The fourth-order valence-electron chi connectivity index (χ4n) is 1.60. The van der Waals surface area contributed by atoms with Gasteiger partial charge >= 0.3 is 0 Å². The molecule has 0 bridgehead atoms. The number of carbonyl (C=O) groups is 1. The highest BCUT2D eigenvalue weighted by Gasteiger charge is 2.15. The van der Waals surface area contributed by atoms with Crippen molar-refractivity contribution in [2.75, 3.05) is 11.9 Å². The molecule has 0 aliphatic carbocycles. The molecule has 1 aromatic heterocycles. The Morgan fingerprint density at radius 1 is 1.55 bits per heavy atom. The number of benzene rings is 1. The van der Waals surface area contributed by atoms with Gasteiger partial charge in [0.2, 0.25) is 5.91 Å². The van der Waals surface area contributed by atoms with E-state index in [2.05, 4.69) is 10.3 Å². The van der Waals surface area contributed by atoms with Gasteiger partial charge < -0.3 is 15.6 Å². The third-order valence-electron chi connectivity index (χ3n) is 2.98. The van der Waals surface area contributed by atoms with E-state index in [0.717, 1.165) is 10.1 Å². The van der Waals surface area contributed by atoms with Gasteiger partial charge in [0.25, 0.3) is 0 Å². The summed E-state index contributed by atoms with van der Waals surface area (Å²) < 4.78 is 15.3. The molecule has 22 heavy (non-hydrogen) atoms. The second-order valence-corrected chi connectivity index (χ2v) is 5.70. The minimum atomic E-state index is -0.408. The number of nitrogens with one attached hydrogen (secondary N) is 1. The summed E-state index contributed by atoms with van der Waals surface area (Å²) in [5, 5.41) is 3.47. The summed E-state index contributed by atoms with van der Waals surface area (Å²) >= 11 is 1.36. The first kappa shape index (κ1) is 18.5. The summed E-state index contributed by atoms with van der Waals surface area (Å²) in [7, 11) is 1.87. The van der Waals surface area contributed by atoms with Crippen LogP contribution in [0.5, 0.6) is 0 Å². The van der Waals surface area contributed by atoms with Crippen LogP contribution in [-0.2, 0) is 11.8 Å². The van der Waals surface area contributed by atoms with Crippen LogP contribution in [0.2, 0.25) is 0 Å². The van der Waals surface area contributed by atoms with Gasteiger partial charge in [0.05, 0.1) is 5.69 Å². The zero-order valence-corrected chi connectivity index (χ0v) is 13.9. The number of nitrogens with zero attached hydrogens (tertiary/aromatic N) is 2. The van der Waals surface area contributed by atoms with Gasteiger partial charge in [-0.1, -0.05) is 6.92 Å². The number of aromatic nitrogens is 2. The summed E-state index contributed by atoms with van der Waals surface area (Å²) in [5.41, 5.74) is 5.89. The fourth-order valence-corrected chi connectivity index (χ4v) is 2.47. The summed E-state index contributed by atoms with van der Waals surface area (Å²) in [6, 6.07) is 4.27. The predicted octanol–water partition coefficient (Wildman–Crippen LogP) is 2.67. The molecule has 2 rings (SSSR count). The van der Waals surface area contributed by atoms with Gasteiger partial charge in [0.15, 0.2) is 5.16 Å². The highest BCUT2D eigenvalue weighted by molar-refractivity contribution is 7.99. The first-order valence-corrected chi connectivity index (χ1v) is 7.28. The van der Waals surface area contributed by atoms with Gasteiger partial charge in [-0.15, -0.1) is 12.4 Å². The molecule has 0 saturated heterocycles. The first-order chi connectivity index (χ1) is 10.0. The van der Waals surface area contributed by atoms with Crippen molar-refractivity contribution in [2.24, 2.45) is 18.7 Å². The van der Waals surface area contributed by atoms with Crippen LogP contribution in [0, 0.1) is 11.7 Å². The van der Waals surface area contributed by atoms with Crippen LogP contribution in [0.4, 0.5) is 10.1 Å². The van der Waals surface area contributed by atoms with Gasteiger partial charge in [-0.3, -0.25) is 4.79 Å². The van der Waals surface area contributed by atoms with Gasteiger partial charge in [-0.25, -0.2) is 9.37 Å². The lowest BCUT2D eigenvalue weighted by Gasteiger charge is -2.13. The Bertz CT molecular complexity index is 650. The number of hydrogen-bond donors (Lipinski definition) is 2. The van der Waals surface area contributed by atoms with Crippen LogP contribution in [0.3, 0.4) is 0 Å². The largest absolute Gasteiger partial charge is 0.330 e. The minimum absolute atomic E-state index is 0. The molecule has 1 amide bonds. The Balaban J connectivity index is 0.00000242. The molecule has 1 atom stereocenters. The number of amides is 1. The van der Waals surface area contributed by atoms with Crippen molar-refractivity contribution >= 4 is 35.8 Å². The van der Waals surface area contributed by atoms with Crippen LogP contribution in [-0.4, -0.2) is 22.0 Å². The number of imidazole rings is 1. The molecule has 0 saturated carbocycles. The number of hydrogen-bond acceptors (Lipinski definition) is 4. The molecule has 0 fully saturated rings. The smallest absolute Gasteiger partial charge is 0.228 e. The van der Waals surface area contributed by atoms with E-state index in [1.807, 2.05) is 17.8 Å². The molecule has 5 nitrogen and oxygen atoms in total.